The molecule has 1 aliphatic heterocycles. The van der Waals surface area contributed by atoms with E-state index in [1.165, 1.54) is 32.1 Å². The predicted molar refractivity (Wildman–Crippen MR) is 88.0 cm³/mol. The highest BCUT2D eigenvalue weighted by atomic mass is 15.2. The lowest BCUT2D eigenvalue weighted by Crippen LogP contribution is -2.54. The molecule has 0 radical (unpaired) electrons. The summed E-state index contributed by atoms with van der Waals surface area (Å²) in [6.45, 7) is 13.4. The van der Waals surface area contributed by atoms with Crippen LogP contribution in [0.2, 0.25) is 0 Å². The molecule has 2 atom stereocenters. The van der Waals surface area contributed by atoms with Gasteiger partial charge in [-0.2, -0.15) is 5.26 Å². The van der Waals surface area contributed by atoms with Gasteiger partial charge in [-0.3, -0.25) is 5.32 Å². The summed E-state index contributed by atoms with van der Waals surface area (Å²) in [5.74, 6) is 1.39. The number of hydrogen-bond acceptors (Lipinski definition) is 3. The Labute approximate surface area is 131 Å². The van der Waals surface area contributed by atoms with Crippen LogP contribution >= 0.6 is 0 Å². The largest absolute Gasteiger partial charge is 0.300 e. The first-order chi connectivity index (χ1) is 9.91. The van der Waals surface area contributed by atoms with Crippen LogP contribution in [0.3, 0.4) is 0 Å². The van der Waals surface area contributed by atoms with Crippen molar-refractivity contribution in [1.82, 2.24) is 10.2 Å². The lowest BCUT2D eigenvalue weighted by atomic mass is 9.77. The fourth-order valence-corrected chi connectivity index (χ4v) is 3.92. The van der Waals surface area contributed by atoms with Gasteiger partial charge >= 0.3 is 0 Å². The molecule has 1 saturated carbocycles. The van der Waals surface area contributed by atoms with Crippen LogP contribution in [0.4, 0.5) is 0 Å². The van der Waals surface area contributed by atoms with Crippen LogP contribution in [0.5, 0.6) is 0 Å². The summed E-state index contributed by atoms with van der Waals surface area (Å²) in [7, 11) is 0. The number of nitrogens with zero attached hydrogens (tertiary/aromatic N) is 2. The number of nitrogens with one attached hydrogen (secondary N) is 1. The highest BCUT2D eigenvalue weighted by molar-refractivity contribution is 5.16. The van der Waals surface area contributed by atoms with E-state index in [-0.39, 0.29) is 5.54 Å². The third-order valence-corrected chi connectivity index (χ3v) is 5.48. The zero-order valence-electron chi connectivity index (χ0n) is 14.4. The van der Waals surface area contributed by atoms with Gasteiger partial charge < -0.3 is 4.90 Å². The van der Waals surface area contributed by atoms with E-state index in [0.29, 0.717) is 11.3 Å². The topological polar surface area (TPSA) is 39.1 Å². The Hall–Kier alpha value is -0.590. The number of nitriles is 1. The monoisotopic (exact) mass is 291 g/mol. The van der Waals surface area contributed by atoms with Crippen LogP contribution in [0.25, 0.3) is 0 Å². The third kappa shape index (κ3) is 4.20. The van der Waals surface area contributed by atoms with Gasteiger partial charge in [0.05, 0.1) is 6.07 Å². The molecule has 0 aromatic heterocycles. The molecule has 0 aromatic carbocycles. The Balaban J connectivity index is 1.97. The van der Waals surface area contributed by atoms with E-state index in [2.05, 4.69) is 44.0 Å². The van der Waals surface area contributed by atoms with Crippen LogP contribution < -0.4 is 5.32 Å². The molecular formula is C18H33N3. The van der Waals surface area contributed by atoms with Crippen molar-refractivity contribution in [2.45, 2.75) is 65.3 Å². The minimum Gasteiger partial charge on any atom is -0.300 e. The van der Waals surface area contributed by atoms with Crippen molar-refractivity contribution in [2.24, 2.45) is 17.3 Å². The first kappa shape index (κ1) is 16.8. The molecule has 120 valence electrons. The first-order valence-electron chi connectivity index (χ1n) is 8.80. The first-order valence-corrected chi connectivity index (χ1v) is 8.80. The molecule has 3 nitrogen and oxygen atoms in total. The molecule has 2 rings (SSSR count). The van der Waals surface area contributed by atoms with Crippen molar-refractivity contribution < 1.29 is 0 Å². The number of likely N-dealkylation sites (N-methyl/N-ethyl adjacent to an activating group) is 1. The summed E-state index contributed by atoms with van der Waals surface area (Å²) in [6, 6.07) is 2.63. The van der Waals surface area contributed by atoms with Gasteiger partial charge in [-0.1, -0.05) is 27.7 Å². The summed E-state index contributed by atoms with van der Waals surface area (Å²) in [5.41, 5.74) is 0.122. The zero-order valence-corrected chi connectivity index (χ0v) is 14.4. The van der Waals surface area contributed by atoms with Crippen molar-refractivity contribution in [2.75, 3.05) is 26.2 Å². The van der Waals surface area contributed by atoms with Gasteiger partial charge in [-0.05, 0) is 69.0 Å². The molecule has 0 bridgehead atoms. The van der Waals surface area contributed by atoms with E-state index in [4.69, 9.17) is 0 Å². The van der Waals surface area contributed by atoms with Crippen molar-refractivity contribution in [3.63, 3.8) is 0 Å². The fourth-order valence-electron chi connectivity index (χ4n) is 3.92. The summed E-state index contributed by atoms with van der Waals surface area (Å²) in [4.78, 5) is 2.55. The van der Waals surface area contributed by atoms with Crippen molar-refractivity contribution >= 4 is 0 Å². The highest BCUT2D eigenvalue weighted by Crippen LogP contribution is 2.41. The van der Waals surface area contributed by atoms with E-state index in [1.807, 2.05) is 0 Å². The van der Waals surface area contributed by atoms with E-state index >= 15 is 0 Å². The van der Waals surface area contributed by atoms with Crippen LogP contribution in [0.15, 0.2) is 0 Å². The number of hydrogen-bond donors (Lipinski definition) is 1. The quantitative estimate of drug-likeness (QED) is 0.843. The number of likely N-dealkylation sites (tertiary alicyclic amines) is 1. The fraction of sp³-hybridized carbons (Fsp3) is 0.944. The Morgan fingerprint density at radius 2 is 1.81 bits per heavy atom. The molecule has 2 fully saturated rings. The molecule has 2 aliphatic rings. The van der Waals surface area contributed by atoms with Gasteiger partial charge in [0.2, 0.25) is 0 Å². The maximum Gasteiger partial charge on any atom is 0.122 e. The van der Waals surface area contributed by atoms with Gasteiger partial charge in [-0.25, -0.2) is 0 Å². The molecule has 2 unspecified atom stereocenters. The Kier molecular flexibility index (Phi) is 5.33. The minimum absolute atomic E-state index is 0.295. The summed E-state index contributed by atoms with van der Waals surface area (Å²) in [5, 5.41) is 13.3. The summed E-state index contributed by atoms with van der Waals surface area (Å²) >= 11 is 0. The average Bonchev–Trinajstić information content (AvgIpc) is 3.24. The van der Waals surface area contributed by atoms with Crippen molar-refractivity contribution in [1.29, 1.82) is 5.26 Å². The second-order valence-electron chi connectivity index (χ2n) is 8.16. The van der Waals surface area contributed by atoms with Gasteiger partial charge in [0.25, 0.3) is 0 Å². The smallest absolute Gasteiger partial charge is 0.122 e. The van der Waals surface area contributed by atoms with Crippen LogP contribution in [0.1, 0.15) is 59.8 Å². The van der Waals surface area contributed by atoms with Crippen LogP contribution in [-0.4, -0.2) is 36.6 Å². The van der Waals surface area contributed by atoms with Crippen molar-refractivity contribution in [3.8, 4) is 6.07 Å². The normalized spacial score (nSPS) is 27.7. The molecule has 0 spiro atoms. The zero-order chi connectivity index (χ0) is 15.5. The highest BCUT2D eigenvalue weighted by Gasteiger charge is 2.46. The average molecular weight is 291 g/mol. The Morgan fingerprint density at radius 1 is 1.10 bits per heavy atom. The standard InChI is InChI=1S/C18H33N3/c1-5-20-18(13-19,16-8-9-16)14-21-11-6-7-15(10-12-21)17(2,3)4/h15-16,20H,5-12,14H2,1-4H3. The summed E-state index contributed by atoms with van der Waals surface area (Å²) in [6.07, 6.45) is 6.34. The van der Waals surface area contributed by atoms with Crippen LogP contribution in [0, 0.1) is 28.6 Å². The lowest BCUT2D eigenvalue weighted by Gasteiger charge is -2.34. The van der Waals surface area contributed by atoms with E-state index in [9.17, 15) is 5.26 Å². The molecule has 3 heteroatoms. The Bertz CT molecular complexity index is 375. The molecule has 21 heavy (non-hydrogen) atoms. The maximum atomic E-state index is 9.76. The molecule has 0 aromatic rings. The van der Waals surface area contributed by atoms with Crippen LogP contribution in [-0.2, 0) is 0 Å². The molecule has 1 heterocycles. The number of rotatable bonds is 5. The second kappa shape index (κ2) is 6.67. The van der Waals surface area contributed by atoms with E-state index in [0.717, 1.165) is 32.1 Å². The third-order valence-electron chi connectivity index (χ3n) is 5.48. The lowest BCUT2D eigenvalue weighted by molar-refractivity contribution is 0.184. The van der Waals surface area contributed by atoms with Gasteiger partial charge in [0.15, 0.2) is 0 Å². The molecular weight excluding hydrogens is 258 g/mol. The molecule has 1 aliphatic carbocycles. The molecule has 1 N–H and O–H groups in total. The SMILES string of the molecule is CCNC(C#N)(CN1CCCC(C(C)(C)C)CC1)C1CC1. The van der Waals surface area contributed by atoms with E-state index < -0.39 is 0 Å². The predicted octanol–water partition coefficient (Wildman–Crippen LogP) is 3.42. The molecule has 1 saturated heterocycles. The summed E-state index contributed by atoms with van der Waals surface area (Å²) < 4.78 is 0. The maximum absolute atomic E-state index is 9.76. The Morgan fingerprint density at radius 3 is 2.33 bits per heavy atom. The van der Waals surface area contributed by atoms with Gasteiger partial charge in [0.1, 0.15) is 5.54 Å². The van der Waals surface area contributed by atoms with Gasteiger partial charge in [-0.15, -0.1) is 0 Å². The van der Waals surface area contributed by atoms with Gasteiger partial charge in [0, 0.05) is 6.54 Å². The molecule has 0 amide bonds. The minimum atomic E-state index is -0.295. The van der Waals surface area contributed by atoms with E-state index in [1.54, 1.807) is 0 Å². The van der Waals surface area contributed by atoms with Crippen molar-refractivity contribution in [3.05, 3.63) is 0 Å². The second-order valence-corrected chi connectivity index (χ2v) is 8.16.